The Morgan fingerprint density at radius 3 is 1.67 bits per heavy atom. The quantitative estimate of drug-likeness (QED) is 0.216. The van der Waals surface area contributed by atoms with Gasteiger partial charge < -0.3 is 4.79 Å². The van der Waals surface area contributed by atoms with E-state index in [1.54, 1.807) is 0 Å². The first-order chi connectivity index (χ1) is 8.91. The molecule has 0 bridgehead atoms. The van der Waals surface area contributed by atoms with E-state index >= 15 is 0 Å². The van der Waals surface area contributed by atoms with Crippen LogP contribution in [0.15, 0.2) is 12.2 Å². The molecular weight excluding hydrogens is 220 g/mol. The highest BCUT2D eigenvalue weighted by atomic mass is 16.1. The average molecular weight is 252 g/mol. The maximum Gasteiger partial charge on any atom is 0.120 e. The molecule has 18 heavy (non-hydrogen) atoms. The highest BCUT2D eigenvalue weighted by Crippen LogP contribution is 2.10. The molecule has 0 heterocycles. The fourth-order valence-corrected chi connectivity index (χ4v) is 2.13. The fraction of sp³-hybridized carbons (Fsp3) is 0.824. The Bertz CT molecular complexity index is 184. The SMILES string of the molecule is CCCCCCCCCCCC=CCCCC=O. The van der Waals surface area contributed by atoms with E-state index in [1.807, 2.05) is 0 Å². The summed E-state index contributed by atoms with van der Waals surface area (Å²) in [6, 6.07) is 0. The minimum atomic E-state index is 0.711. The lowest BCUT2D eigenvalue weighted by atomic mass is 10.1. The summed E-state index contributed by atoms with van der Waals surface area (Å²) in [6.07, 6.45) is 22.1. The Morgan fingerprint density at radius 1 is 0.611 bits per heavy atom. The van der Waals surface area contributed by atoms with Gasteiger partial charge in [-0.05, 0) is 25.7 Å². The third-order valence-corrected chi connectivity index (χ3v) is 3.33. The number of aldehydes is 1. The van der Waals surface area contributed by atoms with Gasteiger partial charge in [0.2, 0.25) is 0 Å². The summed E-state index contributed by atoms with van der Waals surface area (Å²) in [4.78, 5) is 10.1. The van der Waals surface area contributed by atoms with Crippen molar-refractivity contribution < 1.29 is 4.79 Å². The zero-order valence-electron chi connectivity index (χ0n) is 12.3. The van der Waals surface area contributed by atoms with Crippen LogP contribution in [-0.4, -0.2) is 6.29 Å². The summed E-state index contributed by atoms with van der Waals surface area (Å²) in [6.45, 7) is 2.27. The van der Waals surface area contributed by atoms with E-state index in [4.69, 9.17) is 0 Å². The molecule has 0 atom stereocenters. The van der Waals surface area contributed by atoms with Crippen molar-refractivity contribution in [3.05, 3.63) is 12.2 Å². The van der Waals surface area contributed by atoms with E-state index in [2.05, 4.69) is 19.1 Å². The van der Waals surface area contributed by atoms with Crippen LogP contribution < -0.4 is 0 Å². The van der Waals surface area contributed by atoms with Crippen LogP contribution in [0.4, 0.5) is 0 Å². The first-order valence-electron chi connectivity index (χ1n) is 8.00. The molecule has 0 aliphatic carbocycles. The van der Waals surface area contributed by atoms with Gasteiger partial charge in [0.15, 0.2) is 0 Å². The largest absolute Gasteiger partial charge is 0.303 e. The molecule has 0 spiro atoms. The smallest absolute Gasteiger partial charge is 0.120 e. The Kier molecular flexibility index (Phi) is 15.9. The molecule has 106 valence electrons. The lowest BCUT2D eigenvalue weighted by Gasteiger charge is -2.00. The van der Waals surface area contributed by atoms with E-state index in [-0.39, 0.29) is 0 Å². The first kappa shape index (κ1) is 17.4. The van der Waals surface area contributed by atoms with Gasteiger partial charge >= 0.3 is 0 Å². The van der Waals surface area contributed by atoms with Crippen LogP contribution in [0.2, 0.25) is 0 Å². The van der Waals surface area contributed by atoms with E-state index in [1.165, 1.54) is 64.2 Å². The van der Waals surface area contributed by atoms with Gasteiger partial charge in [-0.2, -0.15) is 0 Å². The van der Waals surface area contributed by atoms with Crippen LogP contribution in [0.3, 0.4) is 0 Å². The lowest BCUT2D eigenvalue weighted by Crippen LogP contribution is -1.80. The minimum Gasteiger partial charge on any atom is -0.303 e. The molecule has 0 aliphatic heterocycles. The predicted molar refractivity (Wildman–Crippen MR) is 80.9 cm³/mol. The Morgan fingerprint density at radius 2 is 1.11 bits per heavy atom. The van der Waals surface area contributed by atoms with Gasteiger partial charge in [0.05, 0.1) is 0 Å². The summed E-state index contributed by atoms with van der Waals surface area (Å²) in [5, 5.41) is 0. The number of unbranched alkanes of at least 4 members (excludes halogenated alkanes) is 11. The molecule has 0 fully saturated rings. The van der Waals surface area contributed by atoms with E-state index in [9.17, 15) is 4.79 Å². The molecule has 0 aromatic rings. The molecule has 0 aromatic carbocycles. The molecule has 0 N–H and O–H groups in total. The summed E-state index contributed by atoms with van der Waals surface area (Å²) >= 11 is 0. The van der Waals surface area contributed by atoms with Crippen LogP contribution >= 0.6 is 0 Å². The zero-order chi connectivity index (χ0) is 13.3. The topological polar surface area (TPSA) is 17.1 Å². The molecule has 0 rings (SSSR count). The number of hydrogen-bond acceptors (Lipinski definition) is 1. The van der Waals surface area contributed by atoms with Gasteiger partial charge in [0.25, 0.3) is 0 Å². The molecule has 0 saturated carbocycles. The predicted octanol–water partition coefficient (Wildman–Crippen LogP) is 5.83. The third kappa shape index (κ3) is 15.4. The van der Waals surface area contributed by atoms with Gasteiger partial charge in [-0.1, -0.05) is 70.4 Å². The third-order valence-electron chi connectivity index (χ3n) is 3.33. The van der Waals surface area contributed by atoms with Gasteiger partial charge in [-0.3, -0.25) is 0 Å². The van der Waals surface area contributed by atoms with Crippen molar-refractivity contribution in [1.82, 2.24) is 0 Å². The second kappa shape index (κ2) is 16.4. The van der Waals surface area contributed by atoms with Crippen LogP contribution in [-0.2, 0) is 4.79 Å². The van der Waals surface area contributed by atoms with Crippen LogP contribution in [0, 0.1) is 0 Å². The normalized spacial score (nSPS) is 11.2. The number of rotatable bonds is 14. The molecule has 0 aliphatic rings. The summed E-state index contributed by atoms with van der Waals surface area (Å²) in [7, 11) is 0. The molecule has 0 aromatic heterocycles. The van der Waals surface area contributed by atoms with E-state index < -0.39 is 0 Å². The van der Waals surface area contributed by atoms with Gasteiger partial charge in [0.1, 0.15) is 6.29 Å². The van der Waals surface area contributed by atoms with Crippen molar-refractivity contribution in [2.24, 2.45) is 0 Å². The number of carbonyl (C=O) groups is 1. The second-order valence-corrected chi connectivity index (χ2v) is 5.19. The highest BCUT2D eigenvalue weighted by Gasteiger charge is 1.91. The van der Waals surface area contributed by atoms with E-state index in [0.29, 0.717) is 6.42 Å². The van der Waals surface area contributed by atoms with Crippen LogP contribution in [0.1, 0.15) is 90.4 Å². The molecule has 0 radical (unpaired) electrons. The van der Waals surface area contributed by atoms with Crippen molar-refractivity contribution in [3.8, 4) is 0 Å². The zero-order valence-corrected chi connectivity index (χ0v) is 12.3. The fourth-order valence-electron chi connectivity index (χ4n) is 2.13. The Hall–Kier alpha value is -0.590. The molecule has 1 heteroatoms. The maximum atomic E-state index is 10.1. The Balaban J connectivity index is 3.00. The van der Waals surface area contributed by atoms with Crippen molar-refractivity contribution in [2.45, 2.75) is 90.4 Å². The maximum absolute atomic E-state index is 10.1. The van der Waals surface area contributed by atoms with Crippen molar-refractivity contribution in [1.29, 1.82) is 0 Å². The molecular formula is C17H32O. The Labute approximate surface area is 114 Å². The molecule has 1 nitrogen and oxygen atoms in total. The van der Waals surface area contributed by atoms with Gasteiger partial charge in [0, 0.05) is 6.42 Å². The number of allylic oxidation sites excluding steroid dienone is 2. The second-order valence-electron chi connectivity index (χ2n) is 5.19. The van der Waals surface area contributed by atoms with Crippen molar-refractivity contribution in [2.75, 3.05) is 0 Å². The summed E-state index contributed by atoms with van der Waals surface area (Å²) in [5.74, 6) is 0. The standard InChI is InChI=1S/C17H32O/c1-2-3-4-5-6-7-8-9-10-11-12-13-14-15-16-17-18/h12-13,17H,2-11,14-16H2,1H3. The van der Waals surface area contributed by atoms with Gasteiger partial charge in [-0.15, -0.1) is 0 Å². The summed E-state index contributed by atoms with van der Waals surface area (Å²) < 4.78 is 0. The van der Waals surface area contributed by atoms with Crippen molar-refractivity contribution in [3.63, 3.8) is 0 Å². The minimum absolute atomic E-state index is 0.711. The van der Waals surface area contributed by atoms with Crippen LogP contribution in [0.25, 0.3) is 0 Å². The number of hydrogen-bond donors (Lipinski definition) is 0. The average Bonchev–Trinajstić information content (AvgIpc) is 2.39. The van der Waals surface area contributed by atoms with Crippen LogP contribution in [0.5, 0.6) is 0 Å². The number of carbonyl (C=O) groups excluding carboxylic acids is 1. The first-order valence-corrected chi connectivity index (χ1v) is 8.00. The lowest BCUT2D eigenvalue weighted by molar-refractivity contribution is -0.107. The molecule has 0 amide bonds. The highest BCUT2D eigenvalue weighted by molar-refractivity contribution is 5.48. The van der Waals surface area contributed by atoms with E-state index in [0.717, 1.165) is 19.1 Å². The molecule has 0 unspecified atom stereocenters. The van der Waals surface area contributed by atoms with Crippen molar-refractivity contribution >= 4 is 6.29 Å². The monoisotopic (exact) mass is 252 g/mol. The molecule has 0 saturated heterocycles. The van der Waals surface area contributed by atoms with Gasteiger partial charge in [-0.25, -0.2) is 0 Å². The summed E-state index contributed by atoms with van der Waals surface area (Å²) in [5.41, 5.74) is 0.